The number of nitrogens with one attached hydrogen (secondary N) is 1. The Bertz CT molecular complexity index is 286. The molecule has 1 N–H and O–H groups in total. The molecule has 90 valence electrons. The van der Waals surface area contributed by atoms with Gasteiger partial charge in [0.25, 0.3) is 0 Å². The Morgan fingerprint density at radius 1 is 1.12 bits per heavy atom. The molecule has 2 heteroatoms. The van der Waals surface area contributed by atoms with Crippen LogP contribution in [-0.4, -0.2) is 19.7 Å². The number of unbranched alkanes of at least 4 members (excludes halogenated alkanes) is 2. The van der Waals surface area contributed by atoms with Crippen LogP contribution in [0.25, 0.3) is 0 Å². The summed E-state index contributed by atoms with van der Waals surface area (Å²) in [6, 6.07) is 8.14. The van der Waals surface area contributed by atoms with E-state index in [9.17, 15) is 0 Å². The zero-order chi connectivity index (χ0) is 11.6. The van der Waals surface area contributed by atoms with E-state index in [0.717, 1.165) is 25.4 Å². The Morgan fingerprint density at radius 3 is 2.69 bits per heavy atom. The quantitative estimate of drug-likeness (QED) is 0.681. The molecule has 0 atom stereocenters. The third-order valence-electron chi connectivity index (χ3n) is 2.59. The van der Waals surface area contributed by atoms with Crippen molar-refractivity contribution >= 4 is 0 Å². The molecule has 0 amide bonds. The maximum atomic E-state index is 5.68. The lowest BCUT2D eigenvalue weighted by Crippen LogP contribution is -2.22. The van der Waals surface area contributed by atoms with Crippen LogP contribution >= 0.6 is 0 Å². The highest BCUT2D eigenvalue weighted by Crippen LogP contribution is 2.15. The van der Waals surface area contributed by atoms with Crippen molar-refractivity contribution < 1.29 is 4.74 Å². The van der Waals surface area contributed by atoms with Crippen LogP contribution in [0.3, 0.4) is 0 Å². The zero-order valence-corrected chi connectivity index (χ0v) is 10.5. The summed E-state index contributed by atoms with van der Waals surface area (Å²) in [6.45, 7) is 7.07. The van der Waals surface area contributed by atoms with E-state index < -0.39 is 0 Å². The first-order chi connectivity index (χ1) is 7.84. The highest BCUT2D eigenvalue weighted by molar-refractivity contribution is 5.31. The van der Waals surface area contributed by atoms with E-state index in [4.69, 9.17) is 4.74 Å². The maximum Gasteiger partial charge on any atom is 0.122 e. The molecule has 2 nitrogen and oxygen atoms in total. The molecule has 0 heterocycles. The molecule has 0 aliphatic carbocycles. The number of aryl methyl sites for hydroxylation is 1. The maximum absolute atomic E-state index is 5.68. The van der Waals surface area contributed by atoms with Gasteiger partial charge in [-0.15, -0.1) is 0 Å². The van der Waals surface area contributed by atoms with Crippen LogP contribution in [0.4, 0.5) is 0 Å². The van der Waals surface area contributed by atoms with Crippen molar-refractivity contribution in [2.45, 2.75) is 33.1 Å². The Kier molecular flexibility index (Phi) is 6.66. The van der Waals surface area contributed by atoms with Gasteiger partial charge in [-0.1, -0.05) is 38.0 Å². The standard InChI is InChI=1S/C14H23NO/c1-3-4-7-10-15-11-12-16-14-9-6-5-8-13(14)2/h5-6,8-9,15H,3-4,7,10-12H2,1-2H3. The molecule has 16 heavy (non-hydrogen) atoms. The summed E-state index contributed by atoms with van der Waals surface area (Å²) in [7, 11) is 0. The number of para-hydroxylation sites is 1. The number of rotatable bonds is 8. The Hall–Kier alpha value is -1.02. The van der Waals surface area contributed by atoms with Crippen LogP contribution in [0.1, 0.15) is 31.7 Å². The summed E-state index contributed by atoms with van der Waals surface area (Å²) in [5.41, 5.74) is 1.20. The van der Waals surface area contributed by atoms with Gasteiger partial charge in [0.1, 0.15) is 12.4 Å². The van der Waals surface area contributed by atoms with Crippen LogP contribution in [0.2, 0.25) is 0 Å². The van der Waals surface area contributed by atoms with Crippen molar-refractivity contribution in [2.24, 2.45) is 0 Å². The minimum absolute atomic E-state index is 0.747. The van der Waals surface area contributed by atoms with Gasteiger partial charge in [0.05, 0.1) is 0 Å². The van der Waals surface area contributed by atoms with Crippen LogP contribution < -0.4 is 10.1 Å². The van der Waals surface area contributed by atoms with Crippen molar-refractivity contribution in [2.75, 3.05) is 19.7 Å². The van der Waals surface area contributed by atoms with E-state index in [1.54, 1.807) is 0 Å². The van der Waals surface area contributed by atoms with Crippen molar-refractivity contribution in [3.8, 4) is 5.75 Å². The molecule has 0 radical (unpaired) electrons. The number of ether oxygens (including phenoxy) is 1. The fourth-order valence-electron chi connectivity index (χ4n) is 1.58. The highest BCUT2D eigenvalue weighted by Gasteiger charge is 1.96. The fourth-order valence-corrected chi connectivity index (χ4v) is 1.58. The molecule has 0 saturated heterocycles. The third-order valence-corrected chi connectivity index (χ3v) is 2.59. The van der Waals surface area contributed by atoms with Crippen molar-refractivity contribution in [3.05, 3.63) is 29.8 Å². The van der Waals surface area contributed by atoms with Crippen molar-refractivity contribution in [1.82, 2.24) is 5.32 Å². The zero-order valence-electron chi connectivity index (χ0n) is 10.5. The second-order valence-corrected chi connectivity index (χ2v) is 4.07. The fraction of sp³-hybridized carbons (Fsp3) is 0.571. The predicted octanol–water partition coefficient (Wildman–Crippen LogP) is 3.15. The highest BCUT2D eigenvalue weighted by atomic mass is 16.5. The van der Waals surface area contributed by atoms with Gasteiger partial charge in [0.15, 0.2) is 0 Å². The van der Waals surface area contributed by atoms with Gasteiger partial charge in [-0.3, -0.25) is 0 Å². The molecule has 0 aliphatic heterocycles. The number of benzene rings is 1. The summed E-state index contributed by atoms with van der Waals surface area (Å²) in [5, 5.41) is 3.38. The molecule has 1 aromatic carbocycles. The molecule has 0 aliphatic rings. The summed E-state index contributed by atoms with van der Waals surface area (Å²) < 4.78 is 5.68. The normalized spacial score (nSPS) is 10.4. The second-order valence-electron chi connectivity index (χ2n) is 4.07. The molecule has 0 spiro atoms. The average Bonchev–Trinajstić information content (AvgIpc) is 2.30. The van der Waals surface area contributed by atoms with Gasteiger partial charge in [0.2, 0.25) is 0 Å². The summed E-state index contributed by atoms with van der Waals surface area (Å²) in [5.74, 6) is 0.998. The lowest BCUT2D eigenvalue weighted by atomic mass is 10.2. The second kappa shape index (κ2) is 8.17. The third kappa shape index (κ3) is 5.17. The van der Waals surface area contributed by atoms with Gasteiger partial charge < -0.3 is 10.1 Å². The summed E-state index contributed by atoms with van der Waals surface area (Å²) >= 11 is 0. The topological polar surface area (TPSA) is 21.3 Å². The molecule has 0 fully saturated rings. The van der Waals surface area contributed by atoms with Crippen molar-refractivity contribution in [1.29, 1.82) is 0 Å². The molecular formula is C14H23NO. The first-order valence-corrected chi connectivity index (χ1v) is 6.23. The van der Waals surface area contributed by atoms with Gasteiger partial charge in [-0.25, -0.2) is 0 Å². The molecule has 0 aromatic heterocycles. The van der Waals surface area contributed by atoms with E-state index in [-0.39, 0.29) is 0 Å². The SMILES string of the molecule is CCCCCNCCOc1ccccc1C. The molecule has 1 aromatic rings. The number of hydrogen-bond donors (Lipinski definition) is 1. The van der Waals surface area contributed by atoms with Crippen LogP contribution in [0.15, 0.2) is 24.3 Å². The summed E-state index contributed by atoms with van der Waals surface area (Å²) in [4.78, 5) is 0. The van der Waals surface area contributed by atoms with E-state index in [1.165, 1.54) is 24.8 Å². The van der Waals surface area contributed by atoms with Gasteiger partial charge in [0, 0.05) is 6.54 Å². The Morgan fingerprint density at radius 2 is 1.94 bits per heavy atom. The molecule has 1 rings (SSSR count). The minimum atomic E-state index is 0.747. The van der Waals surface area contributed by atoms with E-state index in [1.807, 2.05) is 18.2 Å². The number of hydrogen-bond acceptors (Lipinski definition) is 2. The van der Waals surface area contributed by atoms with Crippen LogP contribution in [-0.2, 0) is 0 Å². The largest absolute Gasteiger partial charge is 0.492 e. The molecular weight excluding hydrogens is 198 g/mol. The molecule has 0 unspecified atom stereocenters. The molecule has 0 saturated carbocycles. The Labute approximate surface area is 99.0 Å². The minimum Gasteiger partial charge on any atom is -0.492 e. The first kappa shape index (κ1) is 13.0. The van der Waals surface area contributed by atoms with E-state index in [0.29, 0.717) is 0 Å². The smallest absolute Gasteiger partial charge is 0.122 e. The summed E-state index contributed by atoms with van der Waals surface area (Å²) in [6.07, 6.45) is 3.86. The van der Waals surface area contributed by atoms with Crippen LogP contribution in [0.5, 0.6) is 5.75 Å². The lowest BCUT2D eigenvalue weighted by Gasteiger charge is -2.09. The molecule has 0 bridgehead atoms. The lowest BCUT2D eigenvalue weighted by molar-refractivity contribution is 0.311. The monoisotopic (exact) mass is 221 g/mol. The van der Waals surface area contributed by atoms with Gasteiger partial charge >= 0.3 is 0 Å². The van der Waals surface area contributed by atoms with Gasteiger partial charge in [-0.05, 0) is 31.5 Å². The van der Waals surface area contributed by atoms with Gasteiger partial charge in [-0.2, -0.15) is 0 Å². The van der Waals surface area contributed by atoms with E-state index >= 15 is 0 Å². The van der Waals surface area contributed by atoms with E-state index in [2.05, 4.69) is 25.2 Å². The first-order valence-electron chi connectivity index (χ1n) is 6.23. The van der Waals surface area contributed by atoms with Crippen LogP contribution in [0, 0.1) is 6.92 Å². The Balaban J connectivity index is 2.05. The van der Waals surface area contributed by atoms with Crippen molar-refractivity contribution in [3.63, 3.8) is 0 Å². The predicted molar refractivity (Wildman–Crippen MR) is 69.1 cm³/mol. The average molecular weight is 221 g/mol.